The van der Waals surface area contributed by atoms with Gasteiger partial charge in [-0.2, -0.15) is 0 Å². The fourth-order valence-corrected chi connectivity index (χ4v) is 2.71. The zero-order valence-electron chi connectivity index (χ0n) is 10.3. The van der Waals surface area contributed by atoms with E-state index in [1.807, 2.05) is 36.4 Å². The molecule has 0 saturated carbocycles. The molecule has 1 aliphatic rings. The number of hydrogen-bond donors (Lipinski definition) is 1. The second-order valence-electron chi connectivity index (χ2n) is 4.80. The Morgan fingerprint density at radius 1 is 1.00 bits per heavy atom. The van der Waals surface area contributed by atoms with Crippen molar-refractivity contribution in [3.63, 3.8) is 0 Å². The van der Waals surface area contributed by atoms with Crippen molar-refractivity contribution in [2.24, 2.45) is 0 Å². The summed E-state index contributed by atoms with van der Waals surface area (Å²) in [5.74, 6) is -0.488. The van der Waals surface area contributed by atoms with Gasteiger partial charge in [0.1, 0.15) is 5.82 Å². The average molecular weight is 255 g/mol. The van der Waals surface area contributed by atoms with E-state index in [2.05, 4.69) is 5.32 Å². The standard InChI is InChI=1S/C16H14FNO/c17-13-8-4-7-12(9-13)14-10-18-16(19)15(14)11-5-2-1-3-6-11/h1-9,14-15H,10H2,(H,18,19). The van der Waals surface area contributed by atoms with Crippen LogP contribution in [0, 0.1) is 5.82 Å². The highest BCUT2D eigenvalue weighted by molar-refractivity contribution is 5.87. The van der Waals surface area contributed by atoms with Crippen LogP contribution in [0.1, 0.15) is 23.0 Å². The number of carbonyl (C=O) groups excluding carboxylic acids is 1. The van der Waals surface area contributed by atoms with Crippen molar-refractivity contribution in [3.8, 4) is 0 Å². The first-order valence-corrected chi connectivity index (χ1v) is 6.34. The van der Waals surface area contributed by atoms with Crippen LogP contribution in [0.5, 0.6) is 0 Å². The minimum Gasteiger partial charge on any atom is -0.355 e. The molecule has 0 bridgehead atoms. The molecule has 2 aromatic carbocycles. The van der Waals surface area contributed by atoms with E-state index in [1.165, 1.54) is 12.1 Å². The van der Waals surface area contributed by atoms with E-state index >= 15 is 0 Å². The van der Waals surface area contributed by atoms with Gasteiger partial charge in [0.05, 0.1) is 5.92 Å². The number of benzene rings is 2. The maximum absolute atomic E-state index is 13.3. The van der Waals surface area contributed by atoms with Crippen molar-refractivity contribution in [2.45, 2.75) is 11.8 Å². The fraction of sp³-hybridized carbons (Fsp3) is 0.188. The van der Waals surface area contributed by atoms with Crippen LogP contribution >= 0.6 is 0 Å². The molecule has 96 valence electrons. The predicted octanol–water partition coefficient (Wildman–Crippen LogP) is 2.82. The van der Waals surface area contributed by atoms with Crippen LogP contribution in [0.4, 0.5) is 4.39 Å². The predicted molar refractivity (Wildman–Crippen MR) is 71.3 cm³/mol. The van der Waals surface area contributed by atoms with Crippen LogP contribution in [0.15, 0.2) is 54.6 Å². The number of rotatable bonds is 2. The number of nitrogens with one attached hydrogen (secondary N) is 1. The summed E-state index contributed by atoms with van der Waals surface area (Å²) in [6.45, 7) is 0.557. The molecular formula is C16H14FNO. The van der Waals surface area contributed by atoms with Gasteiger partial charge in [-0.3, -0.25) is 4.79 Å². The second kappa shape index (κ2) is 4.84. The second-order valence-corrected chi connectivity index (χ2v) is 4.80. The Morgan fingerprint density at radius 2 is 1.74 bits per heavy atom. The normalized spacial score (nSPS) is 22.3. The van der Waals surface area contributed by atoms with Crippen molar-refractivity contribution in [1.82, 2.24) is 5.32 Å². The Balaban J connectivity index is 1.99. The first kappa shape index (κ1) is 11.9. The third-order valence-corrected chi connectivity index (χ3v) is 3.62. The molecule has 0 radical (unpaired) electrons. The van der Waals surface area contributed by atoms with Gasteiger partial charge in [0, 0.05) is 12.5 Å². The molecule has 2 aromatic rings. The minimum absolute atomic E-state index is 0.00870. The highest BCUT2D eigenvalue weighted by Crippen LogP contribution is 2.36. The number of halogens is 1. The van der Waals surface area contributed by atoms with Crippen molar-refractivity contribution in [1.29, 1.82) is 0 Å². The highest BCUT2D eigenvalue weighted by Gasteiger charge is 2.36. The molecule has 2 nitrogen and oxygen atoms in total. The van der Waals surface area contributed by atoms with E-state index in [0.29, 0.717) is 6.54 Å². The van der Waals surface area contributed by atoms with Crippen LogP contribution in [0.25, 0.3) is 0 Å². The molecule has 1 aliphatic heterocycles. The lowest BCUT2D eigenvalue weighted by Gasteiger charge is -2.17. The Bertz CT molecular complexity index is 597. The Morgan fingerprint density at radius 3 is 2.47 bits per heavy atom. The van der Waals surface area contributed by atoms with Gasteiger partial charge in [0.15, 0.2) is 0 Å². The van der Waals surface area contributed by atoms with Gasteiger partial charge in [-0.05, 0) is 23.3 Å². The molecule has 19 heavy (non-hydrogen) atoms. The molecule has 2 unspecified atom stereocenters. The summed E-state index contributed by atoms with van der Waals surface area (Å²) in [6.07, 6.45) is 0. The molecule has 1 saturated heterocycles. The summed E-state index contributed by atoms with van der Waals surface area (Å²) in [5, 5.41) is 2.87. The number of hydrogen-bond acceptors (Lipinski definition) is 1. The van der Waals surface area contributed by atoms with E-state index in [-0.39, 0.29) is 23.6 Å². The summed E-state index contributed by atoms with van der Waals surface area (Å²) >= 11 is 0. The van der Waals surface area contributed by atoms with Gasteiger partial charge >= 0.3 is 0 Å². The molecule has 0 aliphatic carbocycles. The molecule has 2 atom stereocenters. The first-order valence-electron chi connectivity index (χ1n) is 6.34. The zero-order chi connectivity index (χ0) is 13.2. The lowest BCUT2D eigenvalue weighted by Crippen LogP contribution is -2.18. The Hall–Kier alpha value is -2.16. The minimum atomic E-state index is -0.260. The highest BCUT2D eigenvalue weighted by atomic mass is 19.1. The van der Waals surface area contributed by atoms with Gasteiger partial charge in [0.25, 0.3) is 0 Å². The lowest BCUT2D eigenvalue weighted by molar-refractivity contribution is -0.120. The van der Waals surface area contributed by atoms with Crippen molar-refractivity contribution < 1.29 is 9.18 Å². The van der Waals surface area contributed by atoms with E-state index in [9.17, 15) is 9.18 Å². The number of amides is 1. The Labute approximate surface area is 111 Å². The van der Waals surface area contributed by atoms with Crippen LogP contribution in [-0.4, -0.2) is 12.5 Å². The molecule has 1 fully saturated rings. The van der Waals surface area contributed by atoms with Crippen molar-refractivity contribution in [2.75, 3.05) is 6.54 Å². The molecule has 1 N–H and O–H groups in total. The molecule has 1 heterocycles. The molecule has 3 heteroatoms. The van der Waals surface area contributed by atoms with Crippen LogP contribution in [-0.2, 0) is 4.79 Å². The molecule has 0 spiro atoms. The topological polar surface area (TPSA) is 29.1 Å². The van der Waals surface area contributed by atoms with E-state index in [0.717, 1.165) is 11.1 Å². The third kappa shape index (κ3) is 2.24. The van der Waals surface area contributed by atoms with Gasteiger partial charge < -0.3 is 5.32 Å². The van der Waals surface area contributed by atoms with Gasteiger partial charge in [-0.1, -0.05) is 42.5 Å². The first-order chi connectivity index (χ1) is 9.25. The molecule has 1 amide bonds. The van der Waals surface area contributed by atoms with E-state index in [1.54, 1.807) is 6.07 Å². The average Bonchev–Trinajstić information content (AvgIpc) is 2.82. The van der Waals surface area contributed by atoms with Crippen LogP contribution in [0.2, 0.25) is 0 Å². The third-order valence-electron chi connectivity index (χ3n) is 3.62. The maximum Gasteiger partial charge on any atom is 0.228 e. The van der Waals surface area contributed by atoms with Crippen molar-refractivity contribution >= 4 is 5.91 Å². The molecule has 3 rings (SSSR count). The summed E-state index contributed by atoms with van der Waals surface area (Å²) in [4.78, 5) is 12.0. The largest absolute Gasteiger partial charge is 0.355 e. The van der Waals surface area contributed by atoms with Crippen LogP contribution in [0.3, 0.4) is 0 Å². The van der Waals surface area contributed by atoms with E-state index in [4.69, 9.17) is 0 Å². The summed E-state index contributed by atoms with van der Waals surface area (Å²) in [5.41, 5.74) is 1.85. The molecule has 0 aromatic heterocycles. The maximum atomic E-state index is 13.3. The summed E-state index contributed by atoms with van der Waals surface area (Å²) in [7, 11) is 0. The van der Waals surface area contributed by atoms with Crippen molar-refractivity contribution in [3.05, 3.63) is 71.5 Å². The smallest absolute Gasteiger partial charge is 0.228 e. The van der Waals surface area contributed by atoms with Gasteiger partial charge in [-0.25, -0.2) is 4.39 Å². The lowest BCUT2D eigenvalue weighted by atomic mass is 9.84. The van der Waals surface area contributed by atoms with Crippen LogP contribution < -0.4 is 5.32 Å². The van der Waals surface area contributed by atoms with Gasteiger partial charge in [-0.15, -0.1) is 0 Å². The van der Waals surface area contributed by atoms with Gasteiger partial charge in [0.2, 0.25) is 5.91 Å². The Kier molecular flexibility index (Phi) is 3.03. The summed E-state index contributed by atoms with van der Waals surface area (Å²) in [6, 6.07) is 16.2. The SMILES string of the molecule is O=C1NCC(c2cccc(F)c2)C1c1ccccc1. The fourth-order valence-electron chi connectivity index (χ4n) is 2.71. The monoisotopic (exact) mass is 255 g/mol. The van der Waals surface area contributed by atoms with E-state index < -0.39 is 0 Å². The molecular weight excluding hydrogens is 241 g/mol. The number of carbonyl (C=O) groups is 1. The summed E-state index contributed by atoms with van der Waals surface area (Å²) < 4.78 is 13.3. The zero-order valence-corrected chi connectivity index (χ0v) is 10.3. The quantitative estimate of drug-likeness (QED) is 0.878.